The smallest absolute Gasteiger partial charge is 0.264 e. The van der Waals surface area contributed by atoms with Gasteiger partial charge in [0.25, 0.3) is 10.0 Å². The first kappa shape index (κ1) is 30.3. The van der Waals surface area contributed by atoms with Crippen LogP contribution in [0.1, 0.15) is 38.2 Å². The van der Waals surface area contributed by atoms with Crippen molar-refractivity contribution in [3.8, 4) is 5.75 Å². The fourth-order valence-electron chi connectivity index (χ4n) is 4.85. The maximum atomic E-state index is 14.0. The minimum atomic E-state index is -4.28. The number of amides is 2. The molecule has 0 bridgehead atoms. The van der Waals surface area contributed by atoms with Gasteiger partial charge >= 0.3 is 0 Å². The monoisotopic (exact) mass is 601 g/mol. The van der Waals surface area contributed by atoms with Crippen LogP contribution >= 0.6 is 11.6 Å². The van der Waals surface area contributed by atoms with Crippen LogP contribution in [0.15, 0.2) is 77.7 Å². The summed E-state index contributed by atoms with van der Waals surface area (Å²) in [5.74, 6) is -1.22. The van der Waals surface area contributed by atoms with Gasteiger partial charge in [0.05, 0.1) is 17.7 Å². The Kier molecular flexibility index (Phi) is 9.88. The highest BCUT2D eigenvalue weighted by Crippen LogP contribution is 2.35. The lowest BCUT2D eigenvalue weighted by Gasteiger charge is -2.33. The summed E-state index contributed by atoms with van der Waals surface area (Å²) in [6, 6.07) is 16.9. The molecule has 3 aromatic rings. The lowest BCUT2D eigenvalue weighted by Crippen LogP contribution is -2.52. The van der Waals surface area contributed by atoms with E-state index in [1.807, 2.05) is 0 Å². The SMILES string of the molecule is COc1ccc(Cl)cc1N(CC(=O)N(Cc1ccc(F)cc1)[C@@H](C)C(=O)NC1CCCC1)S(=O)(=O)c1ccccc1. The molecule has 1 aliphatic rings. The van der Waals surface area contributed by atoms with E-state index in [1.165, 1.54) is 60.5 Å². The van der Waals surface area contributed by atoms with Gasteiger partial charge in [-0.25, -0.2) is 12.8 Å². The van der Waals surface area contributed by atoms with Crippen LogP contribution in [0.25, 0.3) is 0 Å². The number of rotatable bonds is 11. The molecule has 41 heavy (non-hydrogen) atoms. The zero-order valence-electron chi connectivity index (χ0n) is 22.9. The molecule has 11 heteroatoms. The van der Waals surface area contributed by atoms with Gasteiger partial charge in [0.1, 0.15) is 24.2 Å². The number of nitrogens with zero attached hydrogens (tertiary/aromatic N) is 2. The Morgan fingerprint density at radius 3 is 2.34 bits per heavy atom. The van der Waals surface area contributed by atoms with Gasteiger partial charge in [-0.15, -0.1) is 0 Å². The van der Waals surface area contributed by atoms with Crippen molar-refractivity contribution in [3.05, 3.63) is 89.2 Å². The normalized spacial score (nSPS) is 14.3. The van der Waals surface area contributed by atoms with Gasteiger partial charge in [-0.3, -0.25) is 13.9 Å². The zero-order valence-corrected chi connectivity index (χ0v) is 24.5. The lowest BCUT2D eigenvalue weighted by molar-refractivity contribution is -0.139. The predicted molar refractivity (Wildman–Crippen MR) is 156 cm³/mol. The van der Waals surface area contributed by atoms with Crippen molar-refractivity contribution in [2.24, 2.45) is 0 Å². The zero-order chi connectivity index (χ0) is 29.6. The number of carbonyl (C=O) groups is 2. The number of sulfonamides is 1. The molecule has 2 amide bonds. The minimum Gasteiger partial charge on any atom is -0.495 e. The van der Waals surface area contributed by atoms with Crippen LogP contribution in [0.3, 0.4) is 0 Å². The maximum absolute atomic E-state index is 14.0. The summed E-state index contributed by atoms with van der Waals surface area (Å²) in [5, 5.41) is 3.26. The fourth-order valence-corrected chi connectivity index (χ4v) is 6.46. The van der Waals surface area contributed by atoms with Gasteiger partial charge in [0.15, 0.2) is 0 Å². The highest BCUT2D eigenvalue weighted by atomic mass is 35.5. The summed E-state index contributed by atoms with van der Waals surface area (Å²) in [4.78, 5) is 28.6. The van der Waals surface area contributed by atoms with Crippen LogP contribution in [0.4, 0.5) is 10.1 Å². The molecule has 3 aromatic carbocycles. The molecule has 8 nitrogen and oxygen atoms in total. The van der Waals surface area contributed by atoms with Gasteiger partial charge < -0.3 is 15.0 Å². The third kappa shape index (κ3) is 7.37. The summed E-state index contributed by atoms with van der Waals surface area (Å²) in [5.41, 5.74) is 0.653. The molecule has 218 valence electrons. The lowest BCUT2D eigenvalue weighted by atomic mass is 10.1. The Balaban J connectivity index is 1.72. The first-order chi connectivity index (χ1) is 19.6. The molecule has 0 saturated heterocycles. The molecule has 0 aromatic heterocycles. The fraction of sp³-hybridized carbons (Fsp3) is 0.333. The Hall–Kier alpha value is -3.63. The van der Waals surface area contributed by atoms with Crippen LogP contribution in [0.2, 0.25) is 5.02 Å². The Bertz CT molecular complexity index is 1470. The average Bonchev–Trinajstić information content (AvgIpc) is 3.48. The summed E-state index contributed by atoms with van der Waals surface area (Å²) >= 11 is 6.25. The standard InChI is InChI=1S/C30H33ClFN3O5S/c1-21(30(37)33-25-8-6-7-9-25)34(19-22-12-15-24(32)16-13-22)29(36)20-35(27-18-23(31)14-17-28(27)40-2)41(38,39)26-10-4-3-5-11-26/h3-5,10-18,21,25H,6-9,19-20H2,1-2H3,(H,33,37)/t21-/m0/s1. The van der Waals surface area contributed by atoms with Crippen molar-refractivity contribution in [1.82, 2.24) is 10.2 Å². The largest absolute Gasteiger partial charge is 0.495 e. The number of methoxy groups -OCH3 is 1. The van der Waals surface area contributed by atoms with Crippen LogP contribution in [0.5, 0.6) is 5.75 Å². The van der Waals surface area contributed by atoms with E-state index in [4.69, 9.17) is 16.3 Å². The van der Waals surface area contributed by atoms with E-state index in [0.29, 0.717) is 5.56 Å². The molecule has 1 saturated carbocycles. The first-order valence-electron chi connectivity index (χ1n) is 13.4. The van der Waals surface area contributed by atoms with Crippen molar-refractivity contribution in [2.45, 2.75) is 56.1 Å². The maximum Gasteiger partial charge on any atom is 0.264 e. The average molecular weight is 602 g/mol. The van der Waals surface area contributed by atoms with Gasteiger partial charge in [0.2, 0.25) is 11.8 Å². The second-order valence-electron chi connectivity index (χ2n) is 9.95. The highest BCUT2D eigenvalue weighted by molar-refractivity contribution is 7.92. The third-order valence-corrected chi connectivity index (χ3v) is 9.16. The number of hydrogen-bond acceptors (Lipinski definition) is 5. The summed E-state index contributed by atoms with van der Waals surface area (Å²) in [7, 11) is -2.89. The van der Waals surface area contributed by atoms with Crippen molar-refractivity contribution < 1.29 is 27.1 Å². The number of anilines is 1. The second-order valence-corrected chi connectivity index (χ2v) is 12.3. The predicted octanol–water partition coefficient (Wildman–Crippen LogP) is 5.16. The molecule has 0 aliphatic heterocycles. The molecular weight excluding hydrogens is 569 g/mol. The number of halogens is 2. The van der Waals surface area contributed by atoms with Crippen LogP contribution < -0.4 is 14.4 Å². The Morgan fingerprint density at radius 1 is 1.05 bits per heavy atom. The Labute approximate surface area is 245 Å². The van der Waals surface area contributed by atoms with E-state index in [1.54, 1.807) is 31.2 Å². The molecule has 4 rings (SSSR count). The molecule has 1 fully saturated rings. The van der Waals surface area contributed by atoms with Crippen molar-refractivity contribution in [1.29, 1.82) is 0 Å². The summed E-state index contributed by atoms with van der Waals surface area (Å²) in [6.07, 6.45) is 3.76. The Morgan fingerprint density at radius 2 is 1.71 bits per heavy atom. The molecule has 0 radical (unpaired) electrons. The molecular formula is C30H33ClFN3O5S. The van der Waals surface area contributed by atoms with Gasteiger partial charge in [0, 0.05) is 17.6 Å². The number of nitrogens with one attached hydrogen (secondary N) is 1. The third-order valence-electron chi connectivity index (χ3n) is 7.15. The van der Waals surface area contributed by atoms with E-state index in [-0.39, 0.29) is 39.8 Å². The van der Waals surface area contributed by atoms with Crippen LogP contribution in [0, 0.1) is 5.82 Å². The summed E-state index contributed by atoms with van der Waals surface area (Å²) in [6.45, 7) is 0.919. The van der Waals surface area contributed by atoms with E-state index in [2.05, 4.69) is 5.32 Å². The molecule has 1 atom stereocenters. The number of benzene rings is 3. The van der Waals surface area contributed by atoms with E-state index < -0.39 is 34.3 Å². The highest BCUT2D eigenvalue weighted by Gasteiger charge is 2.34. The van der Waals surface area contributed by atoms with Crippen LogP contribution in [-0.4, -0.2) is 50.9 Å². The minimum absolute atomic E-state index is 0.0263. The van der Waals surface area contributed by atoms with E-state index >= 15 is 0 Å². The van der Waals surface area contributed by atoms with Gasteiger partial charge in [-0.05, 0) is 67.8 Å². The number of ether oxygens (including phenoxy) is 1. The molecule has 0 heterocycles. The van der Waals surface area contributed by atoms with Crippen LogP contribution in [-0.2, 0) is 26.2 Å². The molecule has 1 N–H and O–H groups in total. The van der Waals surface area contributed by atoms with Crippen molar-refractivity contribution >= 4 is 39.1 Å². The van der Waals surface area contributed by atoms with Crippen molar-refractivity contribution in [2.75, 3.05) is 18.0 Å². The number of hydrogen-bond donors (Lipinski definition) is 1. The first-order valence-corrected chi connectivity index (χ1v) is 15.2. The van der Waals surface area contributed by atoms with E-state index in [0.717, 1.165) is 30.0 Å². The number of carbonyl (C=O) groups excluding carboxylic acids is 2. The van der Waals surface area contributed by atoms with Crippen molar-refractivity contribution in [3.63, 3.8) is 0 Å². The van der Waals surface area contributed by atoms with Gasteiger partial charge in [-0.2, -0.15) is 0 Å². The van der Waals surface area contributed by atoms with Gasteiger partial charge in [-0.1, -0.05) is 54.8 Å². The molecule has 0 unspecified atom stereocenters. The second kappa shape index (κ2) is 13.4. The molecule has 0 spiro atoms. The molecule has 1 aliphatic carbocycles. The topological polar surface area (TPSA) is 96.0 Å². The summed E-state index contributed by atoms with van der Waals surface area (Å²) < 4.78 is 47.9. The van der Waals surface area contributed by atoms with E-state index in [9.17, 15) is 22.4 Å². The quantitative estimate of drug-likeness (QED) is 0.328.